The van der Waals surface area contributed by atoms with Crippen LogP contribution >= 0.6 is 11.8 Å². The van der Waals surface area contributed by atoms with Crippen LogP contribution in [0.15, 0.2) is 60.0 Å². The van der Waals surface area contributed by atoms with E-state index in [1.54, 1.807) is 24.2 Å². The van der Waals surface area contributed by atoms with Crippen LogP contribution in [0.4, 0.5) is 0 Å². The van der Waals surface area contributed by atoms with E-state index in [4.69, 9.17) is 0 Å². The average molecular weight is 435 g/mol. The van der Waals surface area contributed by atoms with E-state index in [1.165, 1.54) is 6.42 Å². The van der Waals surface area contributed by atoms with Crippen molar-refractivity contribution in [1.29, 1.82) is 0 Å². The lowest BCUT2D eigenvalue weighted by molar-refractivity contribution is -0.130. The maximum Gasteiger partial charge on any atom is 0.225 e. The molecule has 3 heterocycles. The Balaban J connectivity index is 1.43. The van der Waals surface area contributed by atoms with E-state index in [9.17, 15) is 4.79 Å². The second-order valence-electron chi connectivity index (χ2n) is 8.19. The Morgan fingerprint density at radius 1 is 1.10 bits per heavy atom. The highest BCUT2D eigenvalue weighted by molar-refractivity contribution is 7.99. The van der Waals surface area contributed by atoms with Crippen LogP contribution in [0.1, 0.15) is 32.6 Å². The largest absolute Gasteiger partial charge is 0.339 e. The van der Waals surface area contributed by atoms with Gasteiger partial charge in [0.2, 0.25) is 5.91 Å². The normalized spacial score (nSPS) is 24.3. The molecule has 2 fully saturated rings. The zero-order valence-electron chi connectivity index (χ0n) is 17.4. The number of rotatable bonds is 5. The van der Waals surface area contributed by atoms with Crippen molar-refractivity contribution in [2.24, 2.45) is 5.92 Å². The molecule has 7 nitrogen and oxygen atoms in total. The number of carbonyl (C=O) groups is 1. The van der Waals surface area contributed by atoms with Crippen LogP contribution in [0.2, 0.25) is 0 Å². The summed E-state index contributed by atoms with van der Waals surface area (Å²) in [6.45, 7) is 2.12. The van der Waals surface area contributed by atoms with Gasteiger partial charge in [0.25, 0.3) is 0 Å². The second-order valence-corrected chi connectivity index (χ2v) is 9.54. The van der Waals surface area contributed by atoms with E-state index in [1.807, 2.05) is 42.5 Å². The highest BCUT2D eigenvalue weighted by Crippen LogP contribution is 2.33. The van der Waals surface area contributed by atoms with Gasteiger partial charge in [0.05, 0.1) is 12.1 Å². The van der Waals surface area contributed by atoms with E-state index in [0.29, 0.717) is 0 Å². The molecule has 2 aliphatic rings. The lowest BCUT2D eigenvalue weighted by Gasteiger charge is -2.41. The minimum absolute atomic E-state index is 0.0836. The fourth-order valence-corrected chi connectivity index (χ4v) is 5.50. The Morgan fingerprint density at radius 3 is 2.74 bits per heavy atom. The number of benzene rings is 1. The molecule has 31 heavy (non-hydrogen) atoms. The number of fused-ring (bicyclic) bond motifs is 1. The summed E-state index contributed by atoms with van der Waals surface area (Å²) < 4.78 is 2.06. The fourth-order valence-electron chi connectivity index (χ4n) is 4.50. The van der Waals surface area contributed by atoms with Crippen molar-refractivity contribution in [2.45, 2.75) is 55.2 Å². The van der Waals surface area contributed by atoms with E-state index in [0.717, 1.165) is 41.5 Å². The van der Waals surface area contributed by atoms with Crippen LogP contribution in [0.3, 0.4) is 0 Å². The van der Waals surface area contributed by atoms with Gasteiger partial charge in [0, 0.05) is 34.9 Å². The molecular formula is C23H26N6OS. The van der Waals surface area contributed by atoms with Crippen molar-refractivity contribution in [3.05, 3.63) is 54.9 Å². The Hall–Kier alpha value is -2.71. The summed E-state index contributed by atoms with van der Waals surface area (Å²) in [6, 6.07) is 14.3. The summed E-state index contributed by atoms with van der Waals surface area (Å²) >= 11 is 1.62. The molecule has 0 radical (unpaired) electrons. The van der Waals surface area contributed by atoms with Crippen molar-refractivity contribution in [3.8, 4) is 17.1 Å². The molecule has 1 saturated carbocycles. The molecule has 2 aromatic heterocycles. The maximum atomic E-state index is 12.7. The molecule has 2 N–H and O–H groups in total. The Morgan fingerprint density at radius 2 is 1.94 bits per heavy atom. The molecular weight excluding hydrogens is 408 g/mol. The fraction of sp³-hybridized carbons (Fsp3) is 0.391. The highest BCUT2D eigenvalue weighted by atomic mass is 32.2. The summed E-state index contributed by atoms with van der Waals surface area (Å²) in [6.07, 6.45) is 7.83. The average Bonchev–Trinajstić information content (AvgIpc) is 3.23. The molecule has 4 unspecified atom stereocenters. The van der Waals surface area contributed by atoms with Gasteiger partial charge in [-0.25, -0.2) is 0 Å². The van der Waals surface area contributed by atoms with Crippen LogP contribution in [0.25, 0.3) is 17.1 Å². The second kappa shape index (κ2) is 8.80. The predicted octanol–water partition coefficient (Wildman–Crippen LogP) is 3.41. The number of pyridine rings is 1. The van der Waals surface area contributed by atoms with Gasteiger partial charge in [0.15, 0.2) is 11.0 Å². The van der Waals surface area contributed by atoms with Gasteiger partial charge < -0.3 is 5.32 Å². The zero-order valence-corrected chi connectivity index (χ0v) is 18.3. The van der Waals surface area contributed by atoms with E-state index >= 15 is 0 Å². The van der Waals surface area contributed by atoms with Gasteiger partial charge in [-0.3, -0.25) is 19.7 Å². The lowest BCUT2D eigenvalue weighted by atomic mass is 9.82. The van der Waals surface area contributed by atoms with Gasteiger partial charge in [0.1, 0.15) is 0 Å². The van der Waals surface area contributed by atoms with Gasteiger partial charge in [-0.2, -0.15) is 0 Å². The van der Waals surface area contributed by atoms with Gasteiger partial charge >= 0.3 is 0 Å². The Bertz CT molecular complexity index is 1040. The summed E-state index contributed by atoms with van der Waals surface area (Å²) in [4.78, 5) is 16.9. The summed E-state index contributed by atoms with van der Waals surface area (Å²) in [5.41, 5.74) is 1.90. The lowest BCUT2D eigenvalue weighted by Crippen LogP contribution is -2.64. The molecule has 0 bridgehead atoms. The third-order valence-electron chi connectivity index (χ3n) is 6.12. The number of amides is 1. The van der Waals surface area contributed by atoms with Gasteiger partial charge in [-0.1, -0.05) is 42.8 Å². The number of nitrogens with one attached hydrogen (secondary N) is 2. The minimum atomic E-state index is -0.0976. The molecule has 3 aromatic rings. The van der Waals surface area contributed by atoms with Crippen molar-refractivity contribution in [2.75, 3.05) is 0 Å². The molecule has 4 atom stereocenters. The first-order valence-electron chi connectivity index (χ1n) is 10.8. The molecule has 5 rings (SSSR count). The number of thioether (sulfide) groups is 1. The topological polar surface area (TPSA) is 84.7 Å². The number of carbonyl (C=O) groups excluding carboxylic acids is 1. The van der Waals surface area contributed by atoms with Crippen LogP contribution in [-0.2, 0) is 4.79 Å². The molecule has 1 aliphatic carbocycles. The first kappa shape index (κ1) is 20.2. The first-order valence-corrected chi connectivity index (χ1v) is 11.7. The first-order chi connectivity index (χ1) is 15.2. The number of aromatic nitrogens is 4. The SMILES string of the molecule is CC(Sc1nnc(-c2cccnc2)n1-c1ccccc1)C1NC(=O)C2CCCCC2N1. The van der Waals surface area contributed by atoms with Gasteiger partial charge in [-0.05, 0) is 44.0 Å². The van der Waals surface area contributed by atoms with Crippen molar-refractivity contribution < 1.29 is 4.79 Å². The van der Waals surface area contributed by atoms with E-state index in [2.05, 4.69) is 37.3 Å². The van der Waals surface area contributed by atoms with Gasteiger partial charge in [-0.15, -0.1) is 10.2 Å². The molecule has 160 valence electrons. The molecule has 1 saturated heterocycles. The standard InChI is InChI=1S/C23H26N6OS/c1-15(20-25-19-12-6-5-11-18(19)22(30)26-20)31-23-28-27-21(16-8-7-13-24-14-16)29(23)17-9-3-2-4-10-17/h2-4,7-10,13-15,18-20,25H,5-6,11-12H2,1H3,(H,26,30). The van der Waals surface area contributed by atoms with E-state index in [-0.39, 0.29) is 29.3 Å². The number of para-hydroxylation sites is 1. The molecule has 0 spiro atoms. The molecule has 1 aliphatic heterocycles. The van der Waals surface area contributed by atoms with Crippen molar-refractivity contribution in [3.63, 3.8) is 0 Å². The molecule has 1 amide bonds. The number of hydrogen-bond donors (Lipinski definition) is 2. The maximum absolute atomic E-state index is 12.7. The monoisotopic (exact) mass is 434 g/mol. The summed E-state index contributed by atoms with van der Waals surface area (Å²) in [7, 11) is 0. The zero-order chi connectivity index (χ0) is 21.2. The molecule has 8 heteroatoms. The number of hydrogen-bond acceptors (Lipinski definition) is 6. The van der Waals surface area contributed by atoms with E-state index < -0.39 is 0 Å². The Labute approximate surface area is 186 Å². The van der Waals surface area contributed by atoms with Crippen LogP contribution in [0, 0.1) is 5.92 Å². The molecule has 1 aromatic carbocycles. The van der Waals surface area contributed by atoms with Crippen molar-refractivity contribution >= 4 is 17.7 Å². The van der Waals surface area contributed by atoms with Crippen LogP contribution in [-0.4, -0.2) is 43.1 Å². The smallest absolute Gasteiger partial charge is 0.225 e. The Kier molecular flexibility index (Phi) is 5.74. The summed E-state index contributed by atoms with van der Waals surface area (Å²) in [5, 5.41) is 16.8. The third kappa shape index (κ3) is 4.09. The third-order valence-corrected chi connectivity index (χ3v) is 7.24. The minimum Gasteiger partial charge on any atom is -0.339 e. The van der Waals surface area contributed by atoms with Crippen LogP contribution in [0.5, 0.6) is 0 Å². The number of nitrogens with zero attached hydrogens (tertiary/aromatic N) is 4. The summed E-state index contributed by atoms with van der Waals surface area (Å²) in [5.74, 6) is 1.04. The van der Waals surface area contributed by atoms with Crippen molar-refractivity contribution in [1.82, 2.24) is 30.4 Å². The van der Waals surface area contributed by atoms with Crippen LogP contribution < -0.4 is 10.6 Å². The highest BCUT2D eigenvalue weighted by Gasteiger charge is 2.39. The predicted molar refractivity (Wildman–Crippen MR) is 121 cm³/mol. The quantitative estimate of drug-likeness (QED) is 0.599.